The number of hydrogen-bond donors (Lipinski definition) is 0. The van der Waals surface area contributed by atoms with Crippen LogP contribution in [0.5, 0.6) is 0 Å². The van der Waals surface area contributed by atoms with E-state index in [1.54, 1.807) is 0 Å². The first-order valence-corrected chi connectivity index (χ1v) is 15.8. The van der Waals surface area contributed by atoms with Gasteiger partial charge in [-0.15, -0.1) is 0 Å². The zero-order valence-corrected chi connectivity index (χ0v) is 26.3. The summed E-state index contributed by atoms with van der Waals surface area (Å²) in [4.78, 5) is 20.2. The molecule has 236 valence electrons. The van der Waals surface area contributed by atoms with Crippen molar-refractivity contribution in [1.29, 1.82) is 0 Å². The van der Waals surface area contributed by atoms with Gasteiger partial charge < -0.3 is 0 Å². The summed E-state index contributed by atoms with van der Waals surface area (Å²) in [7, 11) is 0. The van der Waals surface area contributed by atoms with Crippen molar-refractivity contribution >= 4 is 22.1 Å². The topological polar surface area (TPSA) is 51.6 Å². The van der Waals surface area contributed by atoms with Crippen molar-refractivity contribution in [2.45, 2.75) is 13.1 Å². The molecule has 0 saturated carbocycles. The Morgan fingerprint density at radius 3 is 1.12 bits per heavy atom. The van der Waals surface area contributed by atoms with Crippen molar-refractivity contribution in [3.8, 4) is 56.2 Å². The SMILES string of the molecule is Cc1ccc(-c2nc3cc(-c4ccc5nc(-c6ccccc6)c(-c6ccc(C(F)(F)F)cc6)nc5c4)ccc3nc2-c2ccccc2)cc1. The van der Waals surface area contributed by atoms with E-state index in [-0.39, 0.29) is 0 Å². The molecule has 4 nitrogen and oxygen atoms in total. The van der Waals surface area contributed by atoms with Gasteiger partial charge in [0.2, 0.25) is 0 Å². The van der Waals surface area contributed by atoms with Crippen molar-refractivity contribution in [3.05, 3.63) is 157 Å². The van der Waals surface area contributed by atoms with Crippen LogP contribution in [0.4, 0.5) is 13.2 Å². The summed E-state index contributed by atoms with van der Waals surface area (Å²) >= 11 is 0. The molecule has 2 heterocycles. The lowest BCUT2D eigenvalue weighted by Crippen LogP contribution is -2.04. The molecule has 0 fully saturated rings. The summed E-state index contributed by atoms with van der Waals surface area (Å²) in [5.74, 6) is 0. The van der Waals surface area contributed by atoms with Crippen molar-refractivity contribution < 1.29 is 13.2 Å². The highest BCUT2D eigenvalue weighted by atomic mass is 19.4. The molecular formula is C42H27F3N4. The average Bonchev–Trinajstić information content (AvgIpc) is 3.14. The number of nitrogens with zero attached hydrogens (tertiary/aromatic N) is 4. The van der Waals surface area contributed by atoms with Gasteiger partial charge in [0.05, 0.1) is 50.4 Å². The molecule has 0 saturated heterocycles. The van der Waals surface area contributed by atoms with Gasteiger partial charge in [0.15, 0.2) is 0 Å². The fourth-order valence-electron chi connectivity index (χ4n) is 5.99. The fourth-order valence-corrected chi connectivity index (χ4v) is 5.99. The molecule has 0 aliphatic heterocycles. The Bertz CT molecular complexity index is 2460. The maximum atomic E-state index is 13.4. The molecule has 49 heavy (non-hydrogen) atoms. The second-order valence-electron chi connectivity index (χ2n) is 11.9. The lowest BCUT2D eigenvalue weighted by atomic mass is 10.00. The van der Waals surface area contributed by atoms with E-state index in [0.29, 0.717) is 28.0 Å². The van der Waals surface area contributed by atoms with E-state index in [0.717, 1.165) is 67.9 Å². The number of rotatable bonds is 5. The summed E-state index contributed by atoms with van der Waals surface area (Å²) < 4.78 is 40.1. The van der Waals surface area contributed by atoms with Gasteiger partial charge in [-0.3, -0.25) is 0 Å². The minimum absolute atomic E-state index is 0.505. The highest BCUT2D eigenvalue weighted by Gasteiger charge is 2.30. The van der Waals surface area contributed by atoms with Crippen molar-refractivity contribution in [1.82, 2.24) is 19.9 Å². The van der Waals surface area contributed by atoms with Crippen molar-refractivity contribution in [3.63, 3.8) is 0 Å². The monoisotopic (exact) mass is 644 g/mol. The van der Waals surface area contributed by atoms with Crippen LogP contribution in [-0.2, 0) is 6.18 Å². The molecule has 0 radical (unpaired) electrons. The van der Waals surface area contributed by atoms with Gasteiger partial charge in [0.1, 0.15) is 0 Å². The molecule has 0 bridgehead atoms. The Hall–Kier alpha value is -6.21. The summed E-state index contributed by atoms with van der Waals surface area (Å²) in [6, 6.07) is 44.9. The number of alkyl halides is 3. The highest BCUT2D eigenvalue weighted by Crippen LogP contribution is 2.36. The first kappa shape index (κ1) is 30.1. The van der Waals surface area contributed by atoms with Crippen LogP contribution in [0.2, 0.25) is 0 Å². The molecule has 0 amide bonds. The highest BCUT2D eigenvalue weighted by molar-refractivity contribution is 5.92. The van der Waals surface area contributed by atoms with Crippen molar-refractivity contribution in [2.75, 3.05) is 0 Å². The Morgan fingerprint density at radius 1 is 0.367 bits per heavy atom. The standard InChI is InChI=1S/C42H27F3N4/c1-26-12-14-29(15-13-26)40-38(27-8-4-2-5-9-27)46-34-22-18-31(24-36(34)48-40)32-19-23-35-37(25-32)49-41(39(47-35)28-10-6-3-7-11-28)30-16-20-33(21-17-30)42(43,44)45/h2-25H,1H3. The number of halogens is 3. The van der Waals surface area contributed by atoms with Crippen LogP contribution in [0.15, 0.2) is 146 Å². The Morgan fingerprint density at radius 2 is 0.714 bits per heavy atom. The van der Waals surface area contributed by atoms with E-state index in [2.05, 4.69) is 31.2 Å². The number of fused-ring (bicyclic) bond motifs is 2. The van der Waals surface area contributed by atoms with E-state index in [4.69, 9.17) is 19.9 Å². The van der Waals surface area contributed by atoms with Gasteiger partial charge >= 0.3 is 6.18 Å². The van der Waals surface area contributed by atoms with Crippen LogP contribution in [-0.4, -0.2) is 19.9 Å². The van der Waals surface area contributed by atoms with Gasteiger partial charge in [-0.05, 0) is 54.4 Å². The Labute approximate surface area is 280 Å². The number of hydrogen-bond acceptors (Lipinski definition) is 4. The maximum Gasteiger partial charge on any atom is 0.416 e. The van der Waals surface area contributed by atoms with Gasteiger partial charge in [-0.1, -0.05) is 115 Å². The quantitative estimate of drug-likeness (QED) is 0.187. The van der Waals surface area contributed by atoms with Crippen molar-refractivity contribution in [2.24, 2.45) is 0 Å². The predicted molar refractivity (Wildman–Crippen MR) is 190 cm³/mol. The molecule has 6 aromatic carbocycles. The second-order valence-corrected chi connectivity index (χ2v) is 11.9. The summed E-state index contributed by atoms with van der Waals surface area (Å²) in [6.07, 6.45) is -4.43. The van der Waals surface area contributed by atoms with Gasteiger partial charge in [-0.25, -0.2) is 19.9 Å². The lowest BCUT2D eigenvalue weighted by molar-refractivity contribution is -0.137. The molecule has 0 spiro atoms. The van der Waals surface area contributed by atoms with Crippen LogP contribution < -0.4 is 0 Å². The van der Waals surface area contributed by atoms with Crippen LogP contribution in [0, 0.1) is 6.92 Å². The number of aromatic nitrogens is 4. The first-order chi connectivity index (χ1) is 23.8. The van der Waals surface area contributed by atoms with Crippen LogP contribution in [0.25, 0.3) is 78.2 Å². The average molecular weight is 645 g/mol. The summed E-state index contributed by atoms with van der Waals surface area (Å²) in [5, 5.41) is 0. The van der Waals surface area contributed by atoms with Gasteiger partial charge in [0.25, 0.3) is 0 Å². The molecule has 2 aromatic heterocycles. The first-order valence-electron chi connectivity index (χ1n) is 15.8. The Kier molecular flexibility index (Phi) is 7.45. The normalized spacial score (nSPS) is 11.7. The second kappa shape index (κ2) is 12.1. The third-order valence-electron chi connectivity index (χ3n) is 8.57. The lowest BCUT2D eigenvalue weighted by Gasteiger charge is -2.13. The molecule has 8 aromatic rings. The van der Waals surface area contributed by atoms with Gasteiger partial charge in [0, 0.05) is 22.3 Å². The third kappa shape index (κ3) is 5.91. The summed E-state index contributed by atoms with van der Waals surface area (Å²) in [5.41, 5.74) is 11.2. The predicted octanol–water partition coefficient (Wildman–Crippen LogP) is 11.2. The molecule has 0 N–H and O–H groups in total. The van der Waals surface area contributed by atoms with E-state index in [9.17, 15) is 13.2 Å². The molecular weight excluding hydrogens is 617 g/mol. The number of benzene rings is 6. The zero-order valence-electron chi connectivity index (χ0n) is 26.3. The number of aryl methyl sites for hydroxylation is 1. The molecule has 0 unspecified atom stereocenters. The van der Waals surface area contributed by atoms with Gasteiger partial charge in [-0.2, -0.15) is 13.2 Å². The molecule has 0 aliphatic rings. The maximum absolute atomic E-state index is 13.4. The van der Waals surface area contributed by atoms with E-state index < -0.39 is 11.7 Å². The molecule has 8 rings (SSSR count). The molecule has 0 atom stereocenters. The van der Waals surface area contributed by atoms with E-state index in [1.807, 2.05) is 97.1 Å². The minimum Gasteiger partial charge on any atom is -0.244 e. The summed E-state index contributed by atoms with van der Waals surface area (Å²) in [6.45, 7) is 2.06. The molecule has 0 aliphatic carbocycles. The largest absolute Gasteiger partial charge is 0.416 e. The Balaban J connectivity index is 1.25. The van der Waals surface area contributed by atoms with Crippen LogP contribution in [0.3, 0.4) is 0 Å². The zero-order chi connectivity index (χ0) is 33.5. The van der Waals surface area contributed by atoms with Crippen LogP contribution in [0.1, 0.15) is 11.1 Å². The minimum atomic E-state index is -4.43. The van der Waals surface area contributed by atoms with E-state index in [1.165, 1.54) is 12.1 Å². The van der Waals surface area contributed by atoms with E-state index >= 15 is 0 Å². The smallest absolute Gasteiger partial charge is 0.244 e. The van der Waals surface area contributed by atoms with Crippen LogP contribution >= 0.6 is 0 Å². The molecule has 7 heteroatoms. The third-order valence-corrected chi connectivity index (χ3v) is 8.57. The fraction of sp³-hybridized carbons (Fsp3) is 0.0476.